The minimum Gasteiger partial charge on any atom is -0.432 e. The van der Waals surface area contributed by atoms with E-state index < -0.39 is 5.41 Å². The van der Waals surface area contributed by atoms with E-state index in [1.165, 1.54) is 6.92 Å². The van der Waals surface area contributed by atoms with Crippen LogP contribution in [0.15, 0.2) is 34.7 Å². The summed E-state index contributed by atoms with van der Waals surface area (Å²) in [6.45, 7) is 7.65. The standard InChI is InChI=1S/C18H20O3S/c1-11(19)21-13-8-17(2,3)16-15(20)7-14(18(16,4)9-13)12-5-6-22-10-12/h5-7,9-10,16H,8H2,1-4H3/t16-,18-/m1/s1. The highest BCUT2D eigenvalue weighted by Crippen LogP contribution is 2.59. The highest BCUT2D eigenvalue weighted by atomic mass is 32.1. The fraction of sp³-hybridized carbons (Fsp3) is 0.444. The summed E-state index contributed by atoms with van der Waals surface area (Å²) in [7, 11) is 0. The third-order valence-electron chi connectivity index (χ3n) is 4.73. The van der Waals surface area contributed by atoms with E-state index in [4.69, 9.17) is 4.74 Å². The Balaban J connectivity index is 2.13. The van der Waals surface area contributed by atoms with E-state index in [9.17, 15) is 9.59 Å². The van der Waals surface area contributed by atoms with Crippen LogP contribution in [0.4, 0.5) is 0 Å². The fourth-order valence-electron chi connectivity index (χ4n) is 4.19. The lowest BCUT2D eigenvalue weighted by Crippen LogP contribution is -2.42. The van der Waals surface area contributed by atoms with Crippen LogP contribution in [0.2, 0.25) is 0 Å². The van der Waals surface area contributed by atoms with Gasteiger partial charge in [0.15, 0.2) is 5.78 Å². The summed E-state index contributed by atoms with van der Waals surface area (Å²) in [5, 5.41) is 4.08. The van der Waals surface area contributed by atoms with Crippen molar-refractivity contribution in [2.45, 2.75) is 34.1 Å². The zero-order valence-corrected chi connectivity index (χ0v) is 14.1. The van der Waals surface area contributed by atoms with Gasteiger partial charge in [-0.3, -0.25) is 9.59 Å². The number of fused-ring (bicyclic) bond motifs is 1. The fourth-order valence-corrected chi connectivity index (χ4v) is 4.84. The summed E-state index contributed by atoms with van der Waals surface area (Å²) in [6.07, 6.45) is 4.36. The normalized spacial score (nSPS) is 29.6. The first-order valence-electron chi connectivity index (χ1n) is 7.43. The van der Waals surface area contributed by atoms with Gasteiger partial charge in [-0.2, -0.15) is 11.3 Å². The second kappa shape index (κ2) is 4.92. The maximum Gasteiger partial charge on any atom is 0.307 e. The van der Waals surface area contributed by atoms with Crippen molar-refractivity contribution < 1.29 is 14.3 Å². The molecule has 1 heterocycles. The topological polar surface area (TPSA) is 43.4 Å². The molecule has 3 nitrogen and oxygen atoms in total. The van der Waals surface area contributed by atoms with Gasteiger partial charge in [0.25, 0.3) is 0 Å². The lowest BCUT2D eigenvalue weighted by molar-refractivity contribution is -0.138. The molecule has 0 spiro atoms. The van der Waals surface area contributed by atoms with Gasteiger partial charge in [0.1, 0.15) is 5.76 Å². The van der Waals surface area contributed by atoms with Crippen LogP contribution in [0.3, 0.4) is 0 Å². The van der Waals surface area contributed by atoms with Gasteiger partial charge in [0.2, 0.25) is 0 Å². The Morgan fingerprint density at radius 1 is 1.36 bits per heavy atom. The molecule has 0 aliphatic heterocycles. The summed E-state index contributed by atoms with van der Waals surface area (Å²) in [5.74, 6) is 0.419. The van der Waals surface area contributed by atoms with E-state index in [0.29, 0.717) is 12.2 Å². The Hall–Kier alpha value is -1.68. The first-order chi connectivity index (χ1) is 10.2. The number of hydrogen-bond acceptors (Lipinski definition) is 4. The minimum absolute atomic E-state index is 0.116. The van der Waals surface area contributed by atoms with Gasteiger partial charge in [-0.15, -0.1) is 0 Å². The molecule has 22 heavy (non-hydrogen) atoms. The molecule has 116 valence electrons. The molecule has 0 aromatic carbocycles. The highest BCUT2D eigenvalue weighted by Gasteiger charge is 2.55. The Bertz CT molecular complexity index is 694. The summed E-state index contributed by atoms with van der Waals surface area (Å²) in [4.78, 5) is 24.0. The van der Waals surface area contributed by atoms with Gasteiger partial charge in [-0.25, -0.2) is 0 Å². The Kier molecular flexibility index (Phi) is 3.40. The quantitative estimate of drug-likeness (QED) is 0.768. The van der Waals surface area contributed by atoms with Crippen LogP contribution in [0.5, 0.6) is 0 Å². The molecule has 1 aromatic rings. The van der Waals surface area contributed by atoms with Crippen LogP contribution >= 0.6 is 11.3 Å². The third-order valence-corrected chi connectivity index (χ3v) is 5.41. The molecule has 0 unspecified atom stereocenters. The summed E-state index contributed by atoms with van der Waals surface area (Å²) in [5.41, 5.74) is 1.44. The van der Waals surface area contributed by atoms with Crippen molar-refractivity contribution in [2.24, 2.45) is 16.7 Å². The zero-order valence-electron chi connectivity index (χ0n) is 13.3. The van der Waals surface area contributed by atoms with Crippen molar-refractivity contribution in [3.8, 4) is 0 Å². The number of allylic oxidation sites excluding steroid dienone is 4. The maximum atomic E-state index is 12.7. The monoisotopic (exact) mass is 316 g/mol. The number of rotatable bonds is 2. The highest BCUT2D eigenvalue weighted by molar-refractivity contribution is 7.08. The lowest BCUT2D eigenvalue weighted by atomic mass is 9.58. The van der Waals surface area contributed by atoms with E-state index in [2.05, 4.69) is 26.2 Å². The van der Waals surface area contributed by atoms with Crippen molar-refractivity contribution in [1.29, 1.82) is 0 Å². The molecule has 0 saturated carbocycles. The van der Waals surface area contributed by atoms with E-state index in [1.54, 1.807) is 17.4 Å². The lowest BCUT2D eigenvalue weighted by Gasteiger charge is -2.45. The van der Waals surface area contributed by atoms with E-state index in [1.807, 2.05) is 17.5 Å². The van der Waals surface area contributed by atoms with Gasteiger partial charge >= 0.3 is 5.97 Å². The summed E-state index contributed by atoms with van der Waals surface area (Å²) < 4.78 is 5.39. The van der Waals surface area contributed by atoms with E-state index in [0.717, 1.165) is 11.1 Å². The molecular formula is C18H20O3S. The van der Waals surface area contributed by atoms with Crippen LogP contribution in [-0.4, -0.2) is 11.8 Å². The van der Waals surface area contributed by atoms with Gasteiger partial charge in [-0.05, 0) is 45.5 Å². The number of hydrogen-bond donors (Lipinski definition) is 0. The third kappa shape index (κ3) is 2.26. The van der Waals surface area contributed by atoms with Crippen molar-refractivity contribution in [3.63, 3.8) is 0 Å². The molecular weight excluding hydrogens is 296 g/mol. The average Bonchev–Trinajstić information content (AvgIpc) is 2.93. The number of esters is 1. The van der Waals surface area contributed by atoms with Crippen molar-refractivity contribution in [2.75, 3.05) is 0 Å². The second-order valence-electron chi connectivity index (χ2n) is 7.06. The Morgan fingerprint density at radius 2 is 2.09 bits per heavy atom. The van der Waals surface area contributed by atoms with Crippen molar-refractivity contribution in [3.05, 3.63) is 40.3 Å². The minimum atomic E-state index is -0.426. The average molecular weight is 316 g/mol. The first-order valence-corrected chi connectivity index (χ1v) is 8.37. The molecule has 2 atom stereocenters. The number of ether oxygens (including phenoxy) is 1. The molecule has 0 amide bonds. The number of carbonyl (C=O) groups excluding carboxylic acids is 2. The van der Waals surface area contributed by atoms with Gasteiger partial charge < -0.3 is 4.74 Å². The van der Waals surface area contributed by atoms with Crippen molar-refractivity contribution in [1.82, 2.24) is 0 Å². The van der Waals surface area contributed by atoms with Crippen LogP contribution in [0.1, 0.15) is 39.7 Å². The van der Waals surface area contributed by atoms with Gasteiger partial charge in [-0.1, -0.05) is 20.8 Å². The van der Waals surface area contributed by atoms with Crippen LogP contribution in [0.25, 0.3) is 5.57 Å². The van der Waals surface area contributed by atoms with Crippen LogP contribution in [-0.2, 0) is 14.3 Å². The molecule has 0 fully saturated rings. The van der Waals surface area contributed by atoms with Gasteiger partial charge in [0.05, 0.1) is 0 Å². The molecule has 2 aliphatic carbocycles. The SMILES string of the molecule is CC(=O)OC1=C[C@]2(C)C(c3ccsc3)=CC(=O)[C@@H]2C(C)(C)C1. The number of thiophene rings is 1. The predicted octanol–water partition coefficient (Wildman–Crippen LogP) is 4.21. The van der Waals surface area contributed by atoms with Crippen molar-refractivity contribution >= 4 is 28.7 Å². The molecule has 0 N–H and O–H groups in total. The zero-order chi connectivity index (χ0) is 16.1. The largest absolute Gasteiger partial charge is 0.432 e. The molecule has 0 radical (unpaired) electrons. The molecule has 0 saturated heterocycles. The Labute approximate surface area is 134 Å². The predicted molar refractivity (Wildman–Crippen MR) is 87.1 cm³/mol. The molecule has 1 aromatic heterocycles. The summed E-state index contributed by atoms with van der Waals surface area (Å²) >= 11 is 1.62. The van der Waals surface area contributed by atoms with Crippen LogP contribution in [0, 0.1) is 16.7 Å². The van der Waals surface area contributed by atoms with E-state index >= 15 is 0 Å². The van der Waals surface area contributed by atoms with Gasteiger partial charge in [0, 0.05) is 24.7 Å². The second-order valence-corrected chi connectivity index (χ2v) is 7.84. The maximum absolute atomic E-state index is 12.7. The van der Waals surface area contributed by atoms with E-state index in [-0.39, 0.29) is 23.1 Å². The summed E-state index contributed by atoms with van der Waals surface area (Å²) in [6, 6.07) is 2.04. The smallest absolute Gasteiger partial charge is 0.307 e. The van der Waals surface area contributed by atoms with Crippen LogP contribution < -0.4 is 0 Å². The number of carbonyl (C=O) groups is 2. The Morgan fingerprint density at radius 3 is 2.68 bits per heavy atom. The molecule has 0 bridgehead atoms. The molecule has 2 aliphatic rings. The first kappa shape index (κ1) is 15.2. The number of ketones is 1. The molecule has 3 rings (SSSR count). The molecule has 4 heteroatoms.